The Morgan fingerprint density at radius 3 is 2.72 bits per heavy atom. The molecule has 7 nitrogen and oxygen atoms in total. The van der Waals surface area contributed by atoms with Crippen LogP contribution in [0.3, 0.4) is 0 Å². The lowest BCUT2D eigenvalue weighted by atomic mass is 10.1. The molecule has 39 heavy (non-hydrogen) atoms. The zero-order valence-electron chi connectivity index (χ0n) is 22.8. The molecule has 1 aliphatic rings. The van der Waals surface area contributed by atoms with Gasteiger partial charge in [0.1, 0.15) is 5.82 Å². The molecule has 5 rings (SSSR count). The average molecular weight is 525 g/mol. The van der Waals surface area contributed by atoms with Gasteiger partial charge >= 0.3 is 12.3 Å². The summed E-state index contributed by atoms with van der Waals surface area (Å²) in [4.78, 5) is 30.0. The lowest BCUT2D eigenvalue weighted by molar-refractivity contribution is -0.874. The molecule has 0 bridgehead atoms. The second-order valence-corrected chi connectivity index (χ2v) is 10.3. The largest absolute Gasteiger partial charge is 0.370 e. The van der Waals surface area contributed by atoms with Gasteiger partial charge in [0.05, 0.1) is 11.8 Å². The van der Waals surface area contributed by atoms with Crippen molar-refractivity contribution in [3.05, 3.63) is 95.6 Å². The van der Waals surface area contributed by atoms with Crippen molar-refractivity contribution in [1.82, 2.24) is 14.9 Å². The van der Waals surface area contributed by atoms with E-state index >= 15 is 0 Å². The number of pyridine rings is 1. The van der Waals surface area contributed by atoms with Crippen molar-refractivity contribution < 1.29 is 14.4 Å². The Morgan fingerprint density at radius 2 is 1.82 bits per heavy atom. The van der Waals surface area contributed by atoms with Gasteiger partial charge in [-0.3, -0.25) is 9.74 Å². The number of nitrogens with zero attached hydrogens (tertiary/aromatic N) is 4. The Kier molecular flexibility index (Phi) is 9.12. The fourth-order valence-corrected chi connectivity index (χ4v) is 5.17. The summed E-state index contributed by atoms with van der Waals surface area (Å²) in [5.41, 5.74) is 5.54. The van der Waals surface area contributed by atoms with Gasteiger partial charge in [0.25, 0.3) is 0 Å². The van der Waals surface area contributed by atoms with E-state index in [1.807, 2.05) is 37.3 Å². The van der Waals surface area contributed by atoms with E-state index in [0.29, 0.717) is 6.42 Å². The van der Waals surface area contributed by atoms with Crippen LogP contribution in [0.15, 0.2) is 73.1 Å². The molecule has 0 spiro atoms. The van der Waals surface area contributed by atoms with Gasteiger partial charge in [-0.05, 0) is 90.7 Å². The van der Waals surface area contributed by atoms with Gasteiger partial charge in [0.2, 0.25) is 0 Å². The number of para-hydroxylation sites is 1. The molecule has 0 atom stereocenters. The fraction of sp³-hybridized carbons (Fsp3) is 0.375. The number of hydrogen-bond acceptors (Lipinski definition) is 6. The van der Waals surface area contributed by atoms with E-state index < -0.39 is 0 Å². The van der Waals surface area contributed by atoms with Crippen LogP contribution in [0.4, 0.5) is 5.82 Å². The quantitative estimate of drug-likeness (QED) is 0.211. The maximum atomic E-state index is 12.7. The third-order valence-electron chi connectivity index (χ3n) is 7.34. The lowest BCUT2D eigenvalue weighted by Crippen LogP contribution is -2.48. The normalized spacial score (nSPS) is 12.8. The van der Waals surface area contributed by atoms with Crippen molar-refractivity contribution in [3.63, 3.8) is 0 Å². The summed E-state index contributed by atoms with van der Waals surface area (Å²) in [5, 5.41) is 4.41. The molecule has 4 aromatic rings. The van der Waals surface area contributed by atoms with Gasteiger partial charge in [0, 0.05) is 25.7 Å². The molecule has 2 aromatic heterocycles. The highest BCUT2D eigenvalue weighted by Gasteiger charge is 2.16. The number of anilines is 1. The number of nitrogens with one attached hydrogen (secondary N) is 1. The Labute approximate surface area is 230 Å². The highest BCUT2D eigenvalue weighted by Crippen LogP contribution is 2.20. The molecular formula is C32H38N5O2+. The molecule has 0 amide bonds. The van der Waals surface area contributed by atoms with Crippen molar-refractivity contribution in [3.8, 4) is 0 Å². The monoisotopic (exact) mass is 524 g/mol. The van der Waals surface area contributed by atoms with Gasteiger partial charge in [-0.1, -0.05) is 48.5 Å². The summed E-state index contributed by atoms with van der Waals surface area (Å²) in [7, 11) is 0. The van der Waals surface area contributed by atoms with Crippen LogP contribution in [0.5, 0.6) is 0 Å². The van der Waals surface area contributed by atoms with Crippen molar-refractivity contribution >= 4 is 22.7 Å². The van der Waals surface area contributed by atoms with Crippen LogP contribution < -0.4 is 14.9 Å². The van der Waals surface area contributed by atoms with Gasteiger partial charge in [0.15, 0.2) is 11.2 Å². The third kappa shape index (κ3) is 7.39. The van der Waals surface area contributed by atoms with Gasteiger partial charge in [-0.25, -0.2) is 9.78 Å². The van der Waals surface area contributed by atoms with E-state index in [4.69, 9.17) is 9.82 Å². The number of benzene rings is 2. The van der Waals surface area contributed by atoms with Gasteiger partial charge in [-0.15, -0.1) is 0 Å². The van der Waals surface area contributed by atoms with Crippen LogP contribution in [-0.2, 0) is 24.2 Å². The topological polar surface area (TPSA) is 71.2 Å². The molecule has 0 fully saturated rings. The first-order chi connectivity index (χ1) is 19.2. The standard InChI is InChI=1S/C32H38N5O2/c1-25-29-15-5-6-16-30(29)34-24-37(25)39-31(38)17-10-22-36(23-26-11-3-2-4-12-26)21-8-7-14-28-19-18-27-13-9-20-33-32(27)35-28/h2-6,11-12,15-16,18-19,24H,7-10,13-14,17,20-23H2,1H3,(H,33,35)/q+1. The van der Waals surface area contributed by atoms with E-state index in [1.165, 1.54) is 22.3 Å². The Balaban J connectivity index is 1.11. The molecular weight excluding hydrogens is 486 g/mol. The molecule has 0 saturated heterocycles. The van der Waals surface area contributed by atoms with Crippen LogP contribution in [0.1, 0.15) is 54.6 Å². The molecule has 0 saturated carbocycles. The van der Waals surface area contributed by atoms with Gasteiger partial charge in [-0.2, -0.15) is 0 Å². The molecule has 0 unspecified atom stereocenters. The highest BCUT2D eigenvalue weighted by atomic mass is 16.7. The molecule has 7 heteroatoms. The molecule has 0 radical (unpaired) electrons. The lowest BCUT2D eigenvalue weighted by Gasteiger charge is -2.22. The summed E-state index contributed by atoms with van der Waals surface area (Å²) < 4.78 is 1.48. The van der Waals surface area contributed by atoms with E-state index in [0.717, 1.165) is 86.4 Å². The third-order valence-corrected chi connectivity index (χ3v) is 7.34. The zero-order chi connectivity index (χ0) is 26.9. The van der Waals surface area contributed by atoms with E-state index in [2.05, 4.69) is 51.6 Å². The Hall–Kier alpha value is -3.84. The predicted octanol–water partition coefficient (Wildman–Crippen LogP) is 4.84. The molecule has 1 N–H and O–H groups in total. The molecule has 3 heterocycles. The molecule has 2 aromatic carbocycles. The van der Waals surface area contributed by atoms with Crippen molar-refractivity contribution in [2.45, 2.75) is 58.4 Å². The number of unbranched alkanes of at least 4 members (excludes halogenated alkanes) is 1. The fourth-order valence-electron chi connectivity index (χ4n) is 5.17. The summed E-state index contributed by atoms with van der Waals surface area (Å²) in [5.74, 6) is 0.830. The molecule has 202 valence electrons. The minimum Gasteiger partial charge on any atom is -0.370 e. The minimum atomic E-state index is -0.244. The Bertz CT molecular complexity index is 1390. The maximum Gasteiger partial charge on any atom is 0.358 e. The molecule has 0 aliphatic carbocycles. The van der Waals surface area contributed by atoms with Crippen LogP contribution in [0.2, 0.25) is 0 Å². The summed E-state index contributed by atoms with van der Waals surface area (Å²) >= 11 is 0. The predicted molar refractivity (Wildman–Crippen MR) is 153 cm³/mol. The van der Waals surface area contributed by atoms with E-state index in [9.17, 15) is 4.79 Å². The van der Waals surface area contributed by atoms with Gasteiger partial charge < -0.3 is 5.32 Å². The second kappa shape index (κ2) is 13.3. The van der Waals surface area contributed by atoms with Crippen LogP contribution in [0, 0.1) is 6.92 Å². The first-order valence-electron chi connectivity index (χ1n) is 14.1. The first kappa shape index (κ1) is 26.8. The number of fused-ring (bicyclic) bond motifs is 2. The van der Waals surface area contributed by atoms with Crippen molar-refractivity contribution in [2.24, 2.45) is 0 Å². The summed E-state index contributed by atoms with van der Waals surface area (Å²) in [6.07, 6.45) is 8.13. The first-order valence-corrected chi connectivity index (χ1v) is 14.1. The number of carbonyl (C=O) groups excluding carboxylic acids is 1. The highest BCUT2D eigenvalue weighted by molar-refractivity contribution is 5.79. The zero-order valence-corrected chi connectivity index (χ0v) is 22.8. The van der Waals surface area contributed by atoms with Crippen molar-refractivity contribution in [2.75, 3.05) is 25.0 Å². The number of aryl methyl sites for hydroxylation is 3. The second-order valence-electron chi connectivity index (χ2n) is 10.3. The Morgan fingerprint density at radius 1 is 1.00 bits per heavy atom. The van der Waals surface area contributed by atoms with Crippen LogP contribution >= 0.6 is 0 Å². The maximum absolute atomic E-state index is 12.7. The van der Waals surface area contributed by atoms with Crippen LogP contribution in [-0.4, -0.2) is 40.5 Å². The smallest absolute Gasteiger partial charge is 0.358 e. The number of carbonyl (C=O) groups is 1. The summed E-state index contributed by atoms with van der Waals surface area (Å²) in [6, 6.07) is 22.8. The number of hydrogen-bond donors (Lipinski definition) is 1. The number of aromatic nitrogens is 3. The van der Waals surface area contributed by atoms with E-state index in [-0.39, 0.29) is 5.97 Å². The van der Waals surface area contributed by atoms with Crippen LogP contribution in [0.25, 0.3) is 10.9 Å². The SMILES string of the molecule is Cc1c2ccccc2nc[n+]1OC(=O)CCCN(CCCCc1ccc2c(n1)NCCC2)Cc1ccccc1. The van der Waals surface area contributed by atoms with Crippen molar-refractivity contribution in [1.29, 1.82) is 0 Å². The number of rotatable bonds is 12. The molecule has 1 aliphatic heterocycles. The average Bonchev–Trinajstić information content (AvgIpc) is 2.97. The summed E-state index contributed by atoms with van der Waals surface area (Å²) in [6.45, 7) is 5.65. The van der Waals surface area contributed by atoms with E-state index in [1.54, 1.807) is 6.33 Å². The minimum absolute atomic E-state index is 0.244.